The van der Waals surface area contributed by atoms with Gasteiger partial charge in [0.1, 0.15) is 24.2 Å². The van der Waals surface area contributed by atoms with Crippen LogP contribution in [0.2, 0.25) is 0 Å². The number of ketones is 1. The Morgan fingerprint density at radius 2 is 1.49 bits per heavy atom. The molecule has 0 aromatic carbocycles. The van der Waals surface area contributed by atoms with Gasteiger partial charge in [0.05, 0.1) is 6.04 Å². The van der Waals surface area contributed by atoms with Gasteiger partial charge in [-0.2, -0.15) is 0 Å². The normalized spacial score (nSPS) is 19.1. The van der Waals surface area contributed by atoms with Gasteiger partial charge in [-0.1, -0.05) is 61.8 Å². The van der Waals surface area contributed by atoms with Crippen molar-refractivity contribution < 1.29 is 42.3 Å². The van der Waals surface area contributed by atoms with Gasteiger partial charge in [0.2, 0.25) is 18.2 Å². The zero-order chi connectivity index (χ0) is 37.3. The summed E-state index contributed by atoms with van der Waals surface area (Å²) in [5.74, 6) is -5.08. The predicted octanol–water partition coefficient (Wildman–Crippen LogP) is 4.33. The number of carbonyl (C=O) groups is 6. The number of esters is 1. The van der Waals surface area contributed by atoms with Crippen molar-refractivity contribution in [3.8, 4) is 0 Å². The first-order valence-corrected chi connectivity index (χ1v) is 16.3. The number of hydrogen-bond acceptors (Lipinski definition) is 7. The van der Waals surface area contributed by atoms with Gasteiger partial charge in [-0.05, 0) is 58.3 Å². The highest BCUT2D eigenvalue weighted by atomic mass is 19.3. The zero-order valence-electron chi connectivity index (χ0n) is 30.6. The predicted molar refractivity (Wildman–Crippen MR) is 177 cm³/mol. The molecule has 14 heteroatoms. The molecule has 12 nitrogen and oxygen atoms in total. The van der Waals surface area contributed by atoms with Gasteiger partial charge < -0.3 is 31.3 Å². The first-order chi connectivity index (χ1) is 21.4. The number of halogens is 2. The Balaban J connectivity index is 0. The average molecular weight is 678 g/mol. The summed E-state index contributed by atoms with van der Waals surface area (Å²) in [5.41, 5.74) is 2.70. The van der Waals surface area contributed by atoms with Crippen molar-refractivity contribution in [2.24, 2.45) is 23.0 Å². The number of ether oxygens (including phenoxy) is 1. The Bertz CT molecular complexity index is 1020. The van der Waals surface area contributed by atoms with Crippen LogP contribution in [0.4, 0.5) is 13.6 Å². The van der Waals surface area contributed by atoms with Crippen LogP contribution in [0.15, 0.2) is 0 Å². The molecule has 0 radical (unpaired) electrons. The van der Waals surface area contributed by atoms with E-state index in [9.17, 15) is 32.8 Å². The van der Waals surface area contributed by atoms with E-state index in [0.717, 1.165) is 5.92 Å². The quantitative estimate of drug-likeness (QED) is 0.207. The number of amides is 5. The van der Waals surface area contributed by atoms with Crippen molar-refractivity contribution in [1.82, 2.24) is 20.9 Å². The maximum atomic E-state index is 13.5. The van der Waals surface area contributed by atoms with Gasteiger partial charge in [-0.25, -0.2) is 13.6 Å². The van der Waals surface area contributed by atoms with Crippen LogP contribution in [-0.4, -0.2) is 83.6 Å². The third-order valence-corrected chi connectivity index (χ3v) is 6.32. The van der Waals surface area contributed by atoms with Gasteiger partial charge in [-0.3, -0.25) is 24.0 Å². The largest absolute Gasteiger partial charge is 0.459 e. The van der Waals surface area contributed by atoms with E-state index < -0.39 is 77.1 Å². The van der Waals surface area contributed by atoms with Gasteiger partial charge in [0.25, 0.3) is 5.92 Å². The standard InChI is InChI=1S/C25H40F2N4O6.C4H10.C3H8.CH3NO/c1-14(32)16(11-15-12-25(15,26)27)29-20(34)17-9-8-10-31(17)21(35)19(23(2,3)4)30-22(36)28-13-18(33)37-24(5,6)7;1-4(2)3;1-3-2;2-1-3/h15-17,19H,8-13H2,1-7H3,(H,29,34)(H2,28,30,36);4H,1-3H3;3H2,1-2H3;1H,(H2,2,3). The number of urea groups is 1. The van der Waals surface area contributed by atoms with Gasteiger partial charge in [0.15, 0.2) is 5.78 Å². The van der Waals surface area contributed by atoms with Crippen LogP contribution in [0.25, 0.3) is 0 Å². The topological polar surface area (TPSA) is 177 Å². The molecule has 47 heavy (non-hydrogen) atoms. The summed E-state index contributed by atoms with van der Waals surface area (Å²) >= 11 is 0. The van der Waals surface area contributed by atoms with E-state index in [2.05, 4.69) is 56.3 Å². The summed E-state index contributed by atoms with van der Waals surface area (Å²) in [6.45, 7) is 22.2. The van der Waals surface area contributed by atoms with Crippen LogP contribution in [0, 0.1) is 17.3 Å². The number of nitrogens with one attached hydrogen (secondary N) is 3. The molecule has 1 saturated heterocycles. The number of nitrogens with two attached hydrogens (primary N) is 1. The van der Waals surface area contributed by atoms with Crippen molar-refractivity contribution in [3.05, 3.63) is 0 Å². The summed E-state index contributed by atoms with van der Waals surface area (Å²) in [4.78, 5) is 72.9. The van der Waals surface area contributed by atoms with Crippen LogP contribution >= 0.6 is 0 Å². The summed E-state index contributed by atoms with van der Waals surface area (Å²) < 4.78 is 31.9. The molecule has 1 saturated carbocycles. The van der Waals surface area contributed by atoms with Crippen molar-refractivity contribution in [2.45, 2.75) is 145 Å². The number of Topliss-reactive ketones (excluding diaryl/α,β-unsaturated/α-hetero) is 1. The third-order valence-electron chi connectivity index (χ3n) is 6.32. The van der Waals surface area contributed by atoms with E-state index in [4.69, 9.17) is 9.53 Å². The van der Waals surface area contributed by atoms with Crippen molar-refractivity contribution >= 4 is 36.0 Å². The average Bonchev–Trinajstić information content (AvgIpc) is 3.26. The third kappa shape index (κ3) is 19.8. The Hall–Kier alpha value is -3.32. The first kappa shape index (κ1) is 45.8. The van der Waals surface area contributed by atoms with Crippen LogP contribution in [-0.2, 0) is 28.7 Å². The molecule has 0 aromatic rings. The second-order valence-electron chi connectivity index (χ2n) is 14.5. The molecule has 0 bridgehead atoms. The second-order valence-corrected chi connectivity index (χ2v) is 14.5. The Morgan fingerprint density at radius 1 is 1.02 bits per heavy atom. The lowest BCUT2D eigenvalue weighted by Gasteiger charge is -2.35. The number of likely N-dealkylation sites (tertiary alicyclic amines) is 1. The molecule has 0 spiro atoms. The van der Waals surface area contributed by atoms with Crippen LogP contribution in [0.1, 0.15) is 115 Å². The van der Waals surface area contributed by atoms with E-state index in [1.54, 1.807) is 41.5 Å². The Morgan fingerprint density at radius 3 is 1.87 bits per heavy atom. The number of nitrogens with zero attached hydrogens (tertiary/aromatic N) is 1. The van der Waals surface area contributed by atoms with E-state index >= 15 is 0 Å². The van der Waals surface area contributed by atoms with E-state index in [1.807, 2.05) is 0 Å². The fraction of sp³-hybridized carbons (Fsp3) is 0.818. The molecule has 4 unspecified atom stereocenters. The van der Waals surface area contributed by atoms with Gasteiger partial charge in [0, 0.05) is 18.9 Å². The van der Waals surface area contributed by atoms with E-state index in [1.165, 1.54) is 18.2 Å². The molecule has 4 atom stereocenters. The first-order valence-electron chi connectivity index (χ1n) is 16.3. The summed E-state index contributed by atoms with van der Waals surface area (Å²) in [6, 6.07) is -3.74. The summed E-state index contributed by atoms with van der Waals surface area (Å²) in [7, 11) is 0. The molecular formula is C33H61F2N5O7. The molecule has 5 N–H and O–H groups in total. The maximum absolute atomic E-state index is 13.5. The molecule has 0 aromatic heterocycles. The lowest BCUT2D eigenvalue weighted by atomic mass is 9.85. The number of rotatable bonds is 9. The lowest BCUT2D eigenvalue weighted by molar-refractivity contribution is -0.153. The number of alkyl halides is 2. The molecule has 274 valence electrons. The SMILES string of the molecule is CC(=O)C(CC1CC1(F)F)NC(=O)C1CCCN1C(=O)C(NC(=O)NCC(=O)OC(C)(C)C)C(C)(C)C.CC(C)C.CCC.NC=O. The summed E-state index contributed by atoms with van der Waals surface area (Å²) in [6.07, 6.45) is 1.90. The van der Waals surface area contributed by atoms with Crippen molar-refractivity contribution in [2.75, 3.05) is 13.1 Å². The lowest BCUT2D eigenvalue weighted by Crippen LogP contribution is -2.60. The molecule has 1 heterocycles. The van der Waals surface area contributed by atoms with Crippen LogP contribution in [0.5, 0.6) is 0 Å². The molecule has 1 aliphatic heterocycles. The highest BCUT2D eigenvalue weighted by Crippen LogP contribution is 2.51. The highest BCUT2D eigenvalue weighted by molar-refractivity contribution is 5.95. The fourth-order valence-corrected chi connectivity index (χ4v) is 4.23. The molecule has 1 aliphatic carbocycles. The van der Waals surface area contributed by atoms with Gasteiger partial charge in [-0.15, -0.1) is 0 Å². The molecule has 5 amide bonds. The minimum Gasteiger partial charge on any atom is -0.459 e. The van der Waals surface area contributed by atoms with E-state index in [0.29, 0.717) is 12.8 Å². The van der Waals surface area contributed by atoms with Crippen molar-refractivity contribution in [3.63, 3.8) is 0 Å². The number of primary amides is 1. The zero-order valence-corrected chi connectivity index (χ0v) is 30.6. The van der Waals surface area contributed by atoms with Gasteiger partial charge >= 0.3 is 12.0 Å². The monoisotopic (exact) mass is 677 g/mol. The second kappa shape index (κ2) is 20.8. The minimum absolute atomic E-state index is 0.154. The fourth-order valence-electron chi connectivity index (χ4n) is 4.23. The maximum Gasteiger partial charge on any atom is 0.325 e. The molecule has 2 aliphatic rings. The van der Waals surface area contributed by atoms with E-state index in [-0.39, 0.29) is 25.8 Å². The van der Waals surface area contributed by atoms with Crippen LogP contribution in [0.3, 0.4) is 0 Å². The Labute approximate surface area is 280 Å². The van der Waals surface area contributed by atoms with Crippen LogP contribution < -0.4 is 21.7 Å². The number of carbonyl (C=O) groups excluding carboxylic acids is 6. The summed E-state index contributed by atoms with van der Waals surface area (Å²) in [5, 5.41) is 7.53. The molecular weight excluding hydrogens is 616 g/mol. The van der Waals surface area contributed by atoms with Crippen molar-refractivity contribution in [1.29, 1.82) is 0 Å². The highest BCUT2D eigenvalue weighted by Gasteiger charge is 2.57. The minimum atomic E-state index is -2.82. The molecule has 2 rings (SSSR count). The smallest absolute Gasteiger partial charge is 0.325 e. The molecule has 2 fully saturated rings. The number of hydrogen-bond donors (Lipinski definition) is 4. The Kier molecular flexibility index (Phi) is 20.3.